The summed E-state index contributed by atoms with van der Waals surface area (Å²) >= 11 is 1.55. The number of nitrogens with zero attached hydrogens (tertiary/aromatic N) is 3. The Morgan fingerprint density at radius 2 is 1.81 bits per heavy atom. The van der Waals surface area contributed by atoms with Crippen molar-refractivity contribution < 1.29 is 18.0 Å². The van der Waals surface area contributed by atoms with E-state index in [-0.39, 0.29) is 5.91 Å². The van der Waals surface area contributed by atoms with Gasteiger partial charge >= 0.3 is 6.18 Å². The fraction of sp³-hybridized carbons (Fsp3) is 0.273. The van der Waals surface area contributed by atoms with Crippen molar-refractivity contribution in [3.63, 3.8) is 0 Å². The number of thiazole rings is 1. The third-order valence-corrected chi connectivity index (χ3v) is 5.65. The maximum atomic E-state index is 12.6. The monoisotopic (exact) mass is 448 g/mol. The minimum atomic E-state index is -4.38. The number of fused-ring (bicyclic) bond motifs is 1. The van der Waals surface area contributed by atoms with Crippen LogP contribution in [0.25, 0.3) is 16.3 Å². The first kappa shape index (κ1) is 22.8. The summed E-state index contributed by atoms with van der Waals surface area (Å²) in [4.78, 5) is 21.0. The Morgan fingerprint density at radius 3 is 2.45 bits per heavy atom. The number of amides is 1. The Kier molecular flexibility index (Phi) is 6.97. The van der Waals surface area contributed by atoms with Crippen molar-refractivity contribution in [3.05, 3.63) is 59.7 Å². The quantitative estimate of drug-likeness (QED) is 0.519. The zero-order valence-electron chi connectivity index (χ0n) is 17.4. The molecule has 3 rings (SSSR count). The smallest absolute Gasteiger partial charge is 0.350 e. The van der Waals surface area contributed by atoms with E-state index < -0.39 is 11.7 Å². The molecule has 0 spiro atoms. The SMILES string of the molecule is CN(C)CCN(C)c1nc2ccc(NC(=O)/C=C\c3ccc(C(F)(F)F)cc3)cc2s1. The fourth-order valence-electron chi connectivity index (χ4n) is 2.74. The highest BCUT2D eigenvalue weighted by atomic mass is 32.1. The van der Waals surface area contributed by atoms with Gasteiger partial charge in [-0.2, -0.15) is 13.2 Å². The molecule has 1 heterocycles. The Balaban J connectivity index is 1.64. The van der Waals surface area contributed by atoms with E-state index in [9.17, 15) is 18.0 Å². The first-order valence-electron chi connectivity index (χ1n) is 9.54. The summed E-state index contributed by atoms with van der Waals surface area (Å²) in [5, 5.41) is 3.68. The molecule has 0 fully saturated rings. The van der Waals surface area contributed by atoms with E-state index in [0.29, 0.717) is 11.3 Å². The lowest BCUT2D eigenvalue weighted by molar-refractivity contribution is -0.137. The van der Waals surface area contributed by atoms with Gasteiger partial charge in [-0.15, -0.1) is 0 Å². The van der Waals surface area contributed by atoms with Gasteiger partial charge in [-0.1, -0.05) is 23.5 Å². The van der Waals surface area contributed by atoms with E-state index in [4.69, 9.17) is 0 Å². The molecule has 0 aliphatic rings. The summed E-state index contributed by atoms with van der Waals surface area (Å²) in [6.45, 7) is 1.77. The summed E-state index contributed by atoms with van der Waals surface area (Å²) in [7, 11) is 6.04. The van der Waals surface area contributed by atoms with E-state index in [0.717, 1.165) is 40.6 Å². The standard InChI is InChI=1S/C22H23F3N4OS/c1-28(2)12-13-29(3)21-27-18-10-9-17(14-19(18)31-21)26-20(30)11-6-15-4-7-16(8-5-15)22(23,24)25/h4-11,14H,12-13H2,1-3H3,(H,26,30)/b11-6-. The number of nitrogens with one attached hydrogen (secondary N) is 1. The molecule has 0 saturated heterocycles. The second-order valence-electron chi connectivity index (χ2n) is 7.35. The van der Waals surface area contributed by atoms with Crippen molar-refractivity contribution in [2.24, 2.45) is 0 Å². The Bertz CT molecular complexity index is 1070. The minimum absolute atomic E-state index is 0.368. The van der Waals surface area contributed by atoms with Gasteiger partial charge in [0.05, 0.1) is 15.8 Å². The number of carbonyl (C=O) groups is 1. The summed E-state index contributed by atoms with van der Waals surface area (Å²) < 4.78 is 38.8. The first-order chi connectivity index (χ1) is 14.6. The molecule has 0 saturated carbocycles. The predicted octanol–water partition coefficient (Wildman–Crippen LogP) is 4.96. The Hall–Kier alpha value is -2.91. The molecule has 1 amide bonds. The second kappa shape index (κ2) is 9.49. The third-order valence-electron chi connectivity index (χ3n) is 4.52. The van der Waals surface area contributed by atoms with Crippen LogP contribution in [-0.2, 0) is 11.0 Å². The average molecular weight is 449 g/mol. The van der Waals surface area contributed by atoms with E-state index >= 15 is 0 Å². The molecule has 0 atom stereocenters. The van der Waals surface area contributed by atoms with Gasteiger partial charge in [0, 0.05) is 31.9 Å². The highest BCUT2D eigenvalue weighted by Gasteiger charge is 2.29. The summed E-state index contributed by atoms with van der Waals surface area (Å²) in [5.41, 5.74) is 1.26. The number of hydrogen-bond acceptors (Lipinski definition) is 5. The minimum Gasteiger partial charge on any atom is -0.350 e. The lowest BCUT2D eigenvalue weighted by Gasteiger charge is -2.18. The molecule has 0 radical (unpaired) electrons. The fourth-order valence-corrected chi connectivity index (χ4v) is 3.73. The Morgan fingerprint density at radius 1 is 1.10 bits per heavy atom. The summed E-state index contributed by atoms with van der Waals surface area (Å²) in [6, 6.07) is 10.1. The van der Waals surface area contributed by atoms with Gasteiger partial charge < -0.3 is 15.1 Å². The zero-order valence-corrected chi connectivity index (χ0v) is 18.2. The molecule has 0 unspecified atom stereocenters. The van der Waals surface area contributed by atoms with Crippen LogP contribution in [0.15, 0.2) is 48.5 Å². The number of halogens is 3. The van der Waals surface area contributed by atoms with Gasteiger partial charge in [0.1, 0.15) is 0 Å². The van der Waals surface area contributed by atoms with Crippen LogP contribution in [0.3, 0.4) is 0 Å². The summed E-state index contributed by atoms with van der Waals surface area (Å²) in [5.74, 6) is -0.368. The maximum Gasteiger partial charge on any atom is 0.416 e. The highest BCUT2D eigenvalue weighted by molar-refractivity contribution is 7.22. The molecule has 3 aromatic rings. The van der Waals surface area contributed by atoms with Crippen molar-refractivity contribution >= 4 is 44.4 Å². The van der Waals surface area contributed by atoms with Crippen LogP contribution >= 0.6 is 11.3 Å². The lowest BCUT2D eigenvalue weighted by Crippen LogP contribution is -2.28. The van der Waals surface area contributed by atoms with E-state index in [1.54, 1.807) is 17.4 Å². The van der Waals surface area contributed by atoms with E-state index in [2.05, 4.69) is 20.1 Å². The normalized spacial score (nSPS) is 12.1. The van der Waals surface area contributed by atoms with Crippen LogP contribution in [0.1, 0.15) is 11.1 Å². The van der Waals surface area contributed by atoms with E-state index in [1.807, 2.05) is 33.3 Å². The second-order valence-corrected chi connectivity index (χ2v) is 8.36. The van der Waals surface area contributed by atoms with E-state index in [1.165, 1.54) is 24.3 Å². The topological polar surface area (TPSA) is 48.5 Å². The van der Waals surface area contributed by atoms with Gasteiger partial charge in [-0.25, -0.2) is 4.98 Å². The van der Waals surface area contributed by atoms with Gasteiger partial charge in [-0.05, 0) is 56.1 Å². The molecule has 5 nitrogen and oxygen atoms in total. The third kappa shape index (κ3) is 6.28. The Labute approximate surface area is 182 Å². The first-order valence-corrected chi connectivity index (χ1v) is 10.4. The number of rotatable bonds is 7. The largest absolute Gasteiger partial charge is 0.416 e. The van der Waals surface area contributed by atoms with Crippen molar-refractivity contribution in [1.82, 2.24) is 9.88 Å². The zero-order chi connectivity index (χ0) is 22.6. The number of carbonyl (C=O) groups excluding carboxylic acids is 1. The maximum absolute atomic E-state index is 12.6. The van der Waals surface area contributed by atoms with Crippen LogP contribution in [-0.4, -0.2) is 50.0 Å². The van der Waals surface area contributed by atoms with Crippen molar-refractivity contribution in [2.45, 2.75) is 6.18 Å². The number of alkyl halides is 3. The lowest BCUT2D eigenvalue weighted by atomic mass is 10.1. The number of benzene rings is 2. The molecule has 9 heteroatoms. The van der Waals surface area contributed by atoms with Gasteiger partial charge in [0.15, 0.2) is 5.13 Å². The van der Waals surface area contributed by atoms with Crippen molar-refractivity contribution in [3.8, 4) is 0 Å². The molecule has 2 aromatic carbocycles. The molecular formula is C22H23F3N4OS. The number of anilines is 2. The highest BCUT2D eigenvalue weighted by Crippen LogP contribution is 2.31. The molecule has 164 valence electrons. The van der Waals surface area contributed by atoms with Crippen LogP contribution in [0, 0.1) is 0 Å². The van der Waals surface area contributed by atoms with Crippen LogP contribution in [0.4, 0.5) is 24.0 Å². The molecule has 0 aliphatic heterocycles. The number of likely N-dealkylation sites (N-methyl/N-ethyl adjacent to an activating group) is 2. The van der Waals surface area contributed by atoms with Gasteiger partial charge in [0.25, 0.3) is 0 Å². The molecule has 1 aromatic heterocycles. The molecule has 0 aliphatic carbocycles. The van der Waals surface area contributed by atoms with Gasteiger partial charge in [-0.3, -0.25) is 4.79 Å². The van der Waals surface area contributed by atoms with Gasteiger partial charge in [0.2, 0.25) is 5.91 Å². The molecule has 1 N–H and O–H groups in total. The predicted molar refractivity (Wildman–Crippen MR) is 121 cm³/mol. The summed E-state index contributed by atoms with van der Waals surface area (Å²) in [6.07, 6.45) is -1.62. The average Bonchev–Trinajstić information content (AvgIpc) is 3.13. The molecular weight excluding hydrogens is 425 g/mol. The number of hydrogen-bond donors (Lipinski definition) is 1. The van der Waals surface area contributed by atoms with Crippen molar-refractivity contribution in [1.29, 1.82) is 0 Å². The molecule has 0 bridgehead atoms. The molecule has 31 heavy (non-hydrogen) atoms. The van der Waals surface area contributed by atoms with Crippen molar-refractivity contribution in [2.75, 3.05) is 44.4 Å². The van der Waals surface area contributed by atoms with Crippen LogP contribution in [0.2, 0.25) is 0 Å². The van der Waals surface area contributed by atoms with Crippen LogP contribution in [0.5, 0.6) is 0 Å². The van der Waals surface area contributed by atoms with Crippen LogP contribution < -0.4 is 10.2 Å². The number of aromatic nitrogens is 1.